The average Bonchev–Trinajstić information content (AvgIpc) is 2.06. The number of carbonyl (C=O) groups excluding carboxylic acids is 2. The van der Waals surface area contributed by atoms with Gasteiger partial charge in [0.2, 0.25) is 0 Å². The van der Waals surface area contributed by atoms with E-state index >= 15 is 0 Å². The van der Waals surface area contributed by atoms with Crippen LogP contribution in [0.4, 0.5) is 0 Å². The molecule has 0 heterocycles. The Bertz CT molecular complexity index is 99.1. The molecule has 7 heteroatoms. The summed E-state index contributed by atoms with van der Waals surface area (Å²) in [4.78, 5) is 17.8. The van der Waals surface area contributed by atoms with Gasteiger partial charge in [-0.1, -0.05) is 0 Å². The van der Waals surface area contributed by atoms with Gasteiger partial charge in [0.15, 0.2) is 0 Å². The molecule has 0 aliphatic heterocycles. The second-order valence-corrected chi connectivity index (χ2v) is 1.10. The summed E-state index contributed by atoms with van der Waals surface area (Å²) in [5.41, 5.74) is 0. The van der Waals surface area contributed by atoms with Gasteiger partial charge in [0.1, 0.15) is 12.6 Å². The molecular formula is C4H8MoO6. The molecule has 2 N–H and O–H groups in total. The van der Waals surface area contributed by atoms with Crippen molar-refractivity contribution < 1.29 is 45.1 Å². The van der Waals surface area contributed by atoms with E-state index in [2.05, 4.69) is 0 Å². The average molecular weight is 248 g/mol. The first-order valence-electron chi connectivity index (χ1n) is 2.25. The predicted octanol–water partition coefficient (Wildman–Crippen LogP) is -1.88. The maximum atomic E-state index is 8.92. The number of aliphatic hydroxyl groups excluding tert-OH is 2. The Labute approximate surface area is 71.4 Å². The number of hydrogen-bond donors (Lipinski definition) is 2. The molecular weight excluding hydrogens is 240 g/mol. The van der Waals surface area contributed by atoms with Crippen molar-refractivity contribution in [1.82, 2.24) is 0 Å². The third-order valence-corrected chi connectivity index (χ3v) is 0.149. The summed E-state index contributed by atoms with van der Waals surface area (Å²) < 4.78 is 17.0. The maximum absolute atomic E-state index is 8.92. The van der Waals surface area contributed by atoms with E-state index in [-0.39, 0.29) is 13.2 Å². The van der Waals surface area contributed by atoms with Crippen LogP contribution in [-0.2, 0) is 34.9 Å². The number of carbonyl (C=O) groups is 2. The van der Waals surface area contributed by atoms with Crippen LogP contribution in [0.15, 0.2) is 0 Å². The molecule has 0 aromatic heterocycles. The van der Waals surface area contributed by atoms with Crippen LogP contribution in [0.5, 0.6) is 0 Å². The normalized spacial score (nSPS) is 5.64. The molecule has 0 rings (SSSR count). The van der Waals surface area contributed by atoms with Crippen molar-refractivity contribution in [2.45, 2.75) is 0 Å². The third kappa shape index (κ3) is 227. The molecule has 0 amide bonds. The zero-order valence-electron chi connectivity index (χ0n) is 5.50. The van der Waals surface area contributed by atoms with Crippen LogP contribution in [0.25, 0.3) is 0 Å². The standard InChI is InChI=1S/2C2H4O2.Mo.2O/c2*3-1-2-4;;;/h2*1,4H,2H2;;;. The summed E-state index contributed by atoms with van der Waals surface area (Å²) >= 11 is -2.03. The Kier molecular flexibility index (Phi) is 51.8. The van der Waals surface area contributed by atoms with Gasteiger partial charge in [0, 0.05) is 0 Å². The minimum absolute atomic E-state index is 0.361. The van der Waals surface area contributed by atoms with Crippen LogP contribution in [0.1, 0.15) is 0 Å². The second-order valence-electron chi connectivity index (χ2n) is 0.767. The molecule has 0 saturated carbocycles. The topological polar surface area (TPSA) is 109 Å². The zero-order valence-corrected chi connectivity index (χ0v) is 7.51. The van der Waals surface area contributed by atoms with Crippen molar-refractivity contribution >= 4 is 12.6 Å². The first-order chi connectivity index (χ1) is 5.24. The van der Waals surface area contributed by atoms with Crippen LogP contribution in [0.3, 0.4) is 0 Å². The summed E-state index contributed by atoms with van der Waals surface area (Å²) in [6.07, 6.45) is 0.861. The fraction of sp³-hybridized carbons (Fsp3) is 0.500. The van der Waals surface area contributed by atoms with E-state index in [1.165, 1.54) is 0 Å². The number of aliphatic hydroxyl groups is 2. The quantitative estimate of drug-likeness (QED) is 0.437. The van der Waals surface area contributed by atoms with Crippen molar-refractivity contribution in [2.24, 2.45) is 0 Å². The van der Waals surface area contributed by atoms with Crippen LogP contribution in [0, 0.1) is 0 Å². The molecule has 0 atom stereocenters. The third-order valence-electron chi connectivity index (χ3n) is 0.149. The van der Waals surface area contributed by atoms with Gasteiger partial charge in [-0.15, -0.1) is 0 Å². The summed E-state index contributed by atoms with van der Waals surface area (Å²) in [5.74, 6) is 0. The molecule has 0 aliphatic carbocycles. The van der Waals surface area contributed by atoms with Crippen LogP contribution in [-0.4, -0.2) is 36.0 Å². The second kappa shape index (κ2) is 33.7. The van der Waals surface area contributed by atoms with Gasteiger partial charge in [0.25, 0.3) is 0 Å². The molecule has 0 aromatic rings. The summed E-state index contributed by atoms with van der Waals surface area (Å²) in [5, 5.41) is 15.0. The fourth-order valence-electron chi connectivity index (χ4n) is 0. The van der Waals surface area contributed by atoms with E-state index in [4.69, 9.17) is 26.6 Å². The monoisotopic (exact) mass is 250 g/mol. The Morgan fingerprint density at radius 3 is 1.09 bits per heavy atom. The molecule has 6 nitrogen and oxygen atoms in total. The van der Waals surface area contributed by atoms with Gasteiger partial charge in [-0.25, -0.2) is 0 Å². The Balaban J connectivity index is -0.0000000886. The van der Waals surface area contributed by atoms with Crippen molar-refractivity contribution in [2.75, 3.05) is 13.2 Å². The van der Waals surface area contributed by atoms with E-state index in [9.17, 15) is 0 Å². The van der Waals surface area contributed by atoms with Crippen molar-refractivity contribution in [3.8, 4) is 0 Å². The first-order valence-corrected chi connectivity index (χ1v) is 3.89. The van der Waals surface area contributed by atoms with Crippen LogP contribution >= 0.6 is 0 Å². The molecule has 0 spiro atoms. The van der Waals surface area contributed by atoms with E-state index in [1.54, 1.807) is 0 Å². The predicted molar refractivity (Wildman–Crippen MR) is 27.7 cm³/mol. The Morgan fingerprint density at radius 2 is 1.09 bits per heavy atom. The molecule has 0 unspecified atom stereocenters. The zero-order chi connectivity index (χ0) is 9.54. The van der Waals surface area contributed by atoms with Gasteiger partial charge < -0.3 is 19.8 Å². The summed E-state index contributed by atoms with van der Waals surface area (Å²) in [6.45, 7) is -0.722. The number of aldehydes is 2. The summed E-state index contributed by atoms with van der Waals surface area (Å²) in [7, 11) is 0. The van der Waals surface area contributed by atoms with Gasteiger partial charge in [-0.05, 0) is 0 Å². The number of rotatable bonds is 2. The minimum atomic E-state index is -2.03. The van der Waals surface area contributed by atoms with E-state index < -0.39 is 18.5 Å². The van der Waals surface area contributed by atoms with Crippen molar-refractivity contribution in [3.05, 3.63) is 0 Å². The molecule has 0 aromatic carbocycles. The van der Waals surface area contributed by atoms with Gasteiger partial charge >= 0.3 is 25.3 Å². The van der Waals surface area contributed by atoms with Gasteiger partial charge in [-0.3, -0.25) is 0 Å². The van der Waals surface area contributed by atoms with E-state index in [0.717, 1.165) is 0 Å². The molecule has 0 fully saturated rings. The molecule has 0 aliphatic rings. The molecule has 0 radical (unpaired) electrons. The van der Waals surface area contributed by atoms with E-state index in [1.807, 2.05) is 0 Å². The van der Waals surface area contributed by atoms with E-state index in [0.29, 0.717) is 12.6 Å². The Morgan fingerprint density at radius 1 is 1.00 bits per heavy atom. The van der Waals surface area contributed by atoms with Crippen LogP contribution in [0.2, 0.25) is 0 Å². The molecule has 66 valence electrons. The molecule has 11 heavy (non-hydrogen) atoms. The first kappa shape index (κ1) is 16.9. The fourth-order valence-corrected chi connectivity index (χ4v) is 0. The number of hydrogen-bond acceptors (Lipinski definition) is 6. The molecule has 0 bridgehead atoms. The van der Waals surface area contributed by atoms with Gasteiger partial charge in [0.05, 0.1) is 13.2 Å². The SMILES string of the molecule is O=CCO.O=CCO.[O]=[Mo]=[O]. The summed E-state index contributed by atoms with van der Waals surface area (Å²) in [6, 6.07) is 0. The molecule has 0 saturated heterocycles. The van der Waals surface area contributed by atoms with Crippen LogP contribution < -0.4 is 0 Å². The van der Waals surface area contributed by atoms with Crippen molar-refractivity contribution in [3.63, 3.8) is 0 Å². The van der Waals surface area contributed by atoms with Crippen molar-refractivity contribution in [1.29, 1.82) is 0 Å². The van der Waals surface area contributed by atoms with Gasteiger partial charge in [-0.2, -0.15) is 0 Å². The Hall–Kier alpha value is -0.452.